The first-order valence-corrected chi connectivity index (χ1v) is 7.90. The molecule has 0 fully saturated rings. The predicted octanol–water partition coefficient (Wildman–Crippen LogP) is 1.99. The molecule has 0 saturated heterocycles. The maximum absolute atomic E-state index is 12.1. The highest BCUT2D eigenvalue weighted by atomic mass is 32.2. The Balaban J connectivity index is 2.18. The van der Waals surface area contributed by atoms with Crippen LogP contribution < -0.4 is 5.32 Å². The van der Waals surface area contributed by atoms with E-state index < -0.39 is 9.84 Å². The Hall–Kier alpha value is -2.08. The number of benzene rings is 1. The van der Waals surface area contributed by atoms with Crippen molar-refractivity contribution in [1.29, 1.82) is 0 Å². The first kappa shape index (κ1) is 14.3. The lowest BCUT2D eigenvalue weighted by molar-refractivity contribution is 0.102. The molecule has 2 rings (SSSR count). The Bertz CT molecular complexity index is 743. The summed E-state index contributed by atoms with van der Waals surface area (Å²) in [5, 5.41) is 2.74. The maximum atomic E-state index is 12.1. The third kappa shape index (κ3) is 3.08. The van der Waals surface area contributed by atoms with Crippen LogP contribution in [0, 0.1) is 6.92 Å². The number of nitrogens with zero attached hydrogens (tertiary/aromatic N) is 1. The molecule has 0 unspecified atom stereocenters. The van der Waals surface area contributed by atoms with Crippen LogP contribution in [0.5, 0.6) is 0 Å². The molecule has 0 aliphatic rings. The minimum Gasteiger partial charge on any atom is -0.356 e. The summed E-state index contributed by atoms with van der Waals surface area (Å²) in [6.45, 7) is 1.86. The number of sulfone groups is 1. The average molecular weight is 292 g/mol. The van der Waals surface area contributed by atoms with Gasteiger partial charge in [0.05, 0.1) is 10.5 Å². The van der Waals surface area contributed by atoms with E-state index in [0.717, 1.165) is 11.8 Å². The molecule has 0 aliphatic heterocycles. The molecule has 5 nitrogen and oxygen atoms in total. The molecular formula is C14H16N2O3S. The van der Waals surface area contributed by atoms with E-state index in [1.165, 1.54) is 12.1 Å². The molecule has 6 heteroatoms. The van der Waals surface area contributed by atoms with Gasteiger partial charge < -0.3 is 9.88 Å². The van der Waals surface area contributed by atoms with Gasteiger partial charge in [-0.2, -0.15) is 0 Å². The zero-order valence-corrected chi connectivity index (χ0v) is 12.4. The van der Waals surface area contributed by atoms with E-state index in [9.17, 15) is 13.2 Å². The average Bonchev–Trinajstić information content (AvgIpc) is 2.68. The van der Waals surface area contributed by atoms with Crippen LogP contribution in [0.2, 0.25) is 0 Å². The topological polar surface area (TPSA) is 68.2 Å². The van der Waals surface area contributed by atoms with Crippen LogP contribution >= 0.6 is 0 Å². The minimum absolute atomic E-state index is 0.213. The van der Waals surface area contributed by atoms with Crippen LogP contribution in [0.1, 0.15) is 15.9 Å². The van der Waals surface area contributed by atoms with Crippen LogP contribution in [0.4, 0.5) is 5.69 Å². The molecule has 1 aromatic heterocycles. The summed E-state index contributed by atoms with van der Waals surface area (Å²) in [4.78, 5) is 12.3. The molecule has 0 atom stereocenters. The number of carbonyl (C=O) groups excluding carboxylic acids is 1. The minimum atomic E-state index is -3.22. The molecule has 20 heavy (non-hydrogen) atoms. The molecule has 1 heterocycles. The van der Waals surface area contributed by atoms with Crippen molar-refractivity contribution >= 4 is 21.4 Å². The lowest BCUT2D eigenvalue weighted by Crippen LogP contribution is -2.12. The molecular weight excluding hydrogens is 276 g/mol. The second-order valence-corrected chi connectivity index (χ2v) is 6.79. The Morgan fingerprint density at radius 3 is 2.20 bits per heavy atom. The maximum Gasteiger partial charge on any atom is 0.257 e. The van der Waals surface area contributed by atoms with E-state index in [-0.39, 0.29) is 10.8 Å². The summed E-state index contributed by atoms with van der Waals surface area (Å²) in [6, 6.07) is 6.10. The Kier molecular flexibility index (Phi) is 3.67. The van der Waals surface area contributed by atoms with Crippen molar-refractivity contribution in [3.63, 3.8) is 0 Å². The van der Waals surface area contributed by atoms with E-state index in [1.807, 2.05) is 24.7 Å². The number of aromatic nitrogens is 1. The van der Waals surface area contributed by atoms with E-state index >= 15 is 0 Å². The molecule has 1 aromatic carbocycles. The van der Waals surface area contributed by atoms with Gasteiger partial charge in [-0.05, 0) is 36.8 Å². The van der Waals surface area contributed by atoms with Crippen LogP contribution in [0.3, 0.4) is 0 Å². The highest BCUT2D eigenvalue weighted by molar-refractivity contribution is 7.90. The molecule has 106 valence electrons. The third-order valence-corrected chi connectivity index (χ3v) is 4.07. The van der Waals surface area contributed by atoms with Gasteiger partial charge in [-0.25, -0.2) is 8.42 Å². The summed E-state index contributed by atoms with van der Waals surface area (Å²) >= 11 is 0. The van der Waals surface area contributed by atoms with Crippen molar-refractivity contribution in [1.82, 2.24) is 4.57 Å². The number of nitrogens with one attached hydrogen (secondary N) is 1. The quantitative estimate of drug-likeness (QED) is 0.940. The first-order chi connectivity index (χ1) is 9.27. The fraction of sp³-hybridized carbons (Fsp3) is 0.214. The molecule has 0 radical (unpaired) electrons. The van der Waals surface area contributed by atoms with Crippen molar-refractivity contribution in [3.05, 3.63) is 47.8 Å². The number of amides is 1. The van der Waals surface area contributed by atoms with Gasteiger partial charge in [0, 0.05) is 31.4 Å². The monoisotopic (exact) mass is 292 g/mol. The van der Waals surface area contributed by atoms with Crippen molar-refractivity contribution < 1.29 is 13.2 Å². The second kappa shape index (κ2) is 5.13. The van der Waals surface area contributed by atoms with Crippen molar-refractivity contribution in [2.45, 2.75) is 11.8 Å². The van der Waals surface area contributed by atoms with Crippen molar-refractivity contribution in [2.24, 2.45) is 7.05 Å². The molecule has 0 saturated carbocycles. The highest BCUT2D eigenvalue weighted by Gasteiger charge is 2.12. The summed E-state index contributed by atoms with van der Waals surface area (Å²) < 4.78 is 24.5. The number of hydrogen-bond donors (Lipinski definition) is 1. The standard InChI is InChI=1S/C14H16N2O3S/c1-10-8-16(2)9-13(10)14(17)15-11-4-6-12(7-5-11)20(3,18)19/h4-9H,1-3H3,(H,15,17). The summed E-state index contributed by atoms with van der Waals surface area (Å²) in [6.07, 6.45) is 4.76. The number of rotatable bonds is 3. The van der Waals surface area contributed by atoms with E-state index in [0.29, 0.717) is 11.3 Å². The van der Waals surface area contributed by atoms with Gasteiger partial charge in [-0.3, -0.25) is 4.79 Å². The van der Waals surface area contributed by atoms with Crippen molar-refractivity contribution in [2.75, 3.05) is 11.6 Å². The molecule has 1 N–H and O–H groups in total. The Morgan fingerprint density at radius 1 is 1.15 bits per heavy atom. The SMILES string of the molecule is Cc1cn(C)cc1C(=O)Nc1ccc(S(C)(=O)=O)cc1. The largest absolute Gasteiger partial charge is 0.356 e. The summed E-state index contributed by atoms with van der Waals surface area (Å²) in [7, 11) is -1.37. The van der Waals surface area contributed by atoms with Gasteiger partial charge in [-0.15, -0.1) is 0 Å². The molecule has 0 bridgehead atoms. The zero-order valence-electron chi connectivity index (χ0n) is 11.5. The lowest BCUT2D eigenvalue weighted by atomic mass is 10.2. The smallest absolute Gasteiger partial charge is 0.257 e. The zero-order chi connectivity index (χ0) is 14.9. The fourth-order valence-corrected chi connectivity index (χ4v) is 2.57. The van der Waals surface area contributed by atoms with Crippen LogP contribution in [0.15, 0.2) is 41.6 Å². The number of anilines is 1. The summed E-state index contributed by atoms with van der Waals surface area (Å²) in [5.74, 6) is -0.213. The lowest BCUT2D eigenvalue weighted by Gasteiger charge is -2.05. The predicted molar refractivity (Wildman–Crippen MR) is 77.7 cm³/mol. The summed E-state index contributed by atoms with van der Waals surface area (Å²) in [5.41, 5.74) is 2.04. The number of hydrogen-bond acceptors (Lipinski definition) is 3. The molecule has 0 spiro atoms. The third-order valence-electron chi connectivity index (χ3n) is 2.94. The van der Waals surface area contributed by atoms with Gasteiger partial charge in [0.1, 0.15) is 0 Å². The van der Waals surface area contributed by atoms with Gasteiger partial charge in [0.2, 0.25) is 0 Å². The van der Waals surface area contributed by atoms with Gasteiger partial charge >= 0.3 is 0 Å². The van der Waals surface area contributed by atoms with E-state index in [2.05, 4.69) is 5.32 Å². The van der Waals surface area contributed by atoms with Gasteiger partial charge in [-0.1, -0.05) is 0 Å². The second-order valence-electron chi connectivity index (χ2n) is 4.77. The van der Waals surface area contributed by atoms with Crippen LogP contribution in [-0.4, -0.2) is 25.1 Å². The van der Waals surface area contributed by atoms with Crippen molar-refractivity contribution in [3.8, 4) is 0 Å². The van der Waals surface area contributed by atoms with E-state index in [4.69, 9.17) is 0 Å². The molecule has 2 aromatic rings. The fourth-order valence-electron chi connectivity index (χ4n) is 1.94. The molecule has 0 aliphatic carbocycles. The van der Waals surface area contributed by atoms with E-state index in [1.54, 1.807) is 18.3 Å². The first-order valence-electron chi connectivity index (χ1n) is 6.01. The Morgan fingerprint density at radius 2 is 1.75 bits per heavy atom. The van der Waals surface area contributed by atoms with Gasteiger partial charge in [0.25, 0.3) is 5.91 Å². The molecule has 1 amide bonds. The number of aryl methyl sites for hydroxylation is 2. The number of carbonyl (C=O) groups is 1. The highest BCUT2D eigenvalue weighted by Crippen LogP contribution is 2.16. The van der Waals surface area contributed by atoms with Crippen LogP contribution in [-0.2, 0) is 16.9 Å². The van der Waals surface area contributed by atoms with Gasteiger partial charge in [0.15, 0.2) is 9.84 Å². The normalized spacial score (nSPS) is 11.3. The van der Waals surface area contributed by atoms with Crippen LogP contribution in [0.25, 0.3) is 0 Å². The Labute approximate surface area is 118 Å².